The van der Waals surface area contributed by atoms with Crippen molar-refractivity contribution in [2.45, 2.75) is 25.7 Å². The Morgan fingerprint density at radius 2 is 2.00 bits per heavy atom. The van der Waals surface area contributed by atoms with Crippen LogP contribution >= 0.6 is 0 Å². The van der Waals surface area contributed by atoms with Gasteiger partial charge in [0, 0.05) is 13.1 Å². The quantitative estimate of drug-likeness (QED) is 0.938. The highest BCUT2D eigenvalue weighted by Gasteiger charge is 2.34. The lowest BCUT2D eigenvalue weighted by molar-refractivity contribution is -0.138. The number of benzene rings is 1. The molecule has 108 valence electrons. The average Bonchev–Trinajstić information content (AvgIpc) is 2.80. The highest BCUT2D eigenvalue weighted by molar-refractivity contribution is 5.32. The van der Waals surface area contributed by atoms with E-state index in [1.165, 1.54) is 18.5 Å². The third-order valence-electron chi connectivity index (χ3n) is 3.10. The van der Waals surface area contributed by atoms with Crippen LogP contribution in [0.4, 0.5) is 13.2 Å². The maximum atomic E-state index is 12.9. The molecule has 7 heteroatoms. The van der Waals surface area contributed by atoms with Crippen molar-refractivity contribution in [2.24, 2.45) is 7.05 Å². The molecule has 1 heterocycles. The minimum atomic E-state index is -4.35. The fourth-order valence-corrected chi connectivity index (χ4v) is 1.97. The molecule has 1 N–H and O–H groups in total. The summed E-state index contributed by atoms with van der Waals surface area (Å²) in [6.45, 7) is 2.05. The molecule has 1 unspecified atom stereocenters. The zero-order valence-corrected chi connectivity index (χ0v) is 11.1. The second-order valence-corrected chi connectivity index (χ2v) is 4.49. The molecule has 0 amide bonds. The topological polar surface area (TPSA) is 42.7 Å². The van der Waals surface area contributed by atoms with Crippen molar-refractivity contribution in [1.29, 1.82) is 0 Å². The van der Waals surface area contributed by atoms with Gasteiger partial charge in [-0.3, -0.25) is 4.68 Å². The fraction of sp³-hybridized carbons (Fsp3) is 0.385. The van der Waals surface area contributed by atoms with Crippen molar-refractivity contribution in [1.82, 2.24) is 20.1 Å². The Labute approximate surface area is 114 Å². The first-order valence-corrected chi connectivity index (χ1v) is 6.12. The van der Waals surface area contributed by atoms with Gasteiger partial charge in [-0.1, -0.05) is 18.2 Å². The molecule has 1 aromatic heterocycles. The van der Waals surface area contributed by atoms with Gasteiger partial charge in [0.15, 0.2) is 0 Å². The lowest BCUT2D eigenvalue weighted by atomic mass is 10.0. The van der Waals surface area contributed by atoms with Gasteiger partial charge in [0.05, 0.1) is 12.1 Å². The van der Waals surface area contributed by atoms with Crippen LogP contribution in [0.25, 0.3) is 0 Å². The summed E-state index contributed by atoms with van der Waals surface area (Å²) in [6, 6.07) is 5.13. The molecule has 20 heavy (non-hydrogen) atoms. The number of rotatable bonds is 4. The molecule has 0 aliphatic carbocycles. The smallest absolute Gasteiger partial charge is 0.303 e. The van der Waals surface area contributed by atoms with Crippen molar-refractivity contribution in [2.75, 3.05) is 0 Å². The summed E-state index contributed by atoms with van der Waals surface area (Å²) in [5.74, 6) is 0.668. The number of halogens is 3. The number of hydrogen-bond acceptors (Lipinski definition) is 3. The van der Waals surface area contributed by atoms with Gasteiger partial charge in [-0.2, -0.15) is 18.3 Å². The van der Waals surface area contributed by atoms with Gasteiger partial charge >= 0.3 is 6.18 Å². The van der Waals surface area contributed by atoms with Crippen LogP contribution in [-0.2, 0) is 19.8 Å². The molecule has 2 rings (SSSR count). The van der Waals surface area contributed by atoms with E-state index in [9.17, 15) is 13.2 Å². The fourth-order valence-electron chi connectivity index (χ4n) is 1.97. The Kier molecular flexibility index (Phi) is 4.08. The Morgan fingerprint density at radius 1 is 1.30 bits per heavy atom. The molecule has 0 aliphatic heterocycles. The Hall–Kier alpha value is -1.89. The lowest BCUT2D eigenvalue weighted by Gasteiger charge is -2.19. The van der Waals surface area contributed by atoms with Crippen molar-refractivity contribution in [3.8, 4) is 0 Å². The molecule has 0 saturated heterocycles. The van der Waals surface area contributed by atoms with Crippen LogP contribution in [-0.4, -0.2) is 14.8 Å². The highest BCUT2D eigenvalue weighted by atomic mass is 19.4. The van der Waals surface area contributed by atoms with Crippen LogP contribution < -0.4 is 5.32 Å². The molecule has 0 spiro atoms. The van der Waals surface area contributed by atoms with Gasteiger partial charge in [0.25, 0.3) is 0 Å². The van der Waals surface area contributed by atoms with Crippen LogP contribution in [0.15, 0.2) is 30.6 Å². The van der Waals surface area contributed by atoms with E-state index < -0.39 is 17.8 Å². The molecule has 1 aromatic carbocycles. The van der Waals surface area contributed by atoms with E-state index in [1.807, 2.05) is 0 Å². The molecular formula is C13H15F3N4. The van der Waals surface area contributed by atoms with Gasteiger partial charge in [0.1, 0.15) is 12.2 Å². The Balaban J connectivity index is 2.14. The Morgan fingerprint density at radius 3 is 2.60 bits per heavy atom. The summed E-state index contributed by atoms with van der Waals surface area (Å²) >= 11 is 0. The third kappa shape index (κ3) is 3.16. The Bertz CT molecular complexity index is 577. The predicted octanol–water partition coefficient (Wildman–Crippen LogP) is 2.68. The summed E-state index contributed by atoms with van der Waals surface area (Å²) in [7, 11) is 1.73. The minimum absolute atomic E-state index is 0.224. The first kappa shape index (κ1) is 14.5. The number of alkyl halides is 3. The second kappa shape index (κ2) is 5.62. The maximum Gasteiger partial charge on any atom is 0.416 e. The molecular weight excluding hydrogens is 269 g/mol. The molecule has 0 saturated carbocycles. The molecule has 4 nitrogen and oxygen atoms in total. The average molecular weight is 284 g/mol. The van der Waals surface area contributed by atoms with Gasteiger partial charge in [-0.05, 0) is 18.6 Å². The van der Waals surface area contributed by atoms with E-state index >= 15 is 0 Å². The van der Waals surface area contributed by atoms with Gasteiger partial charge < -0.3 is 5.32 Å². The molecule has 0 radical (unpaired) electrons. The van der Waals surface area contributed by atoms with Crippen molar-refractivity contribution < 1.29 is 13.2 Å². The van der Waals surface area contributed by atoms with E-state index in [4.69, 9.17) is 0 Å². The van der Waals surface area contributed by atoms with E-state index in [-0.39, 0.29) is 5.56 Å². The van der Waals surface area contributed by atoms with Crippen LogP contribution in [0.1, 0.15) is 29.9 Å². The monoisotopic (exact) mass is 284 g/mol. The molecule has 0 aliphatic rings. The standard InChI is InChI=1S/C13H15F3N4/c1-9(17-7-12-18-8-19-20(12)2)10-5-3-4-6-11(10)13(14,15)16/h3-6,8-9,17H,7H2,1-2H3. The zero-order chi connectivity index (χ0) is 14.8. The number of nitrogens with zero attached hydrogens (tertiary/aromatic N) is 3. The van der Waals surface area contributed by atoms with Crippen LogP contribution in [0.5, 0.6) is 0 Å². The first-order valence-electron chi connectivity index (χ1n) is 6.12. The van der Waals surface area contributed by atoms with Crippen LogP contribution in [0.3, 0.4) is 0 Å². The minimum Gasteiger partial charge on any atom is -0.303 e. The largest absolute Gasteiger partial charge is 0.416 e. The number of aromatic nitrogens is 3. The van der Waals surface area contributed by atoms with E-state index in [0.717, 1.165) is 6.07 Å². The lowest BCUT2D eigenvalue weighted by Crippen LogP contribution is -2.23. The van der Waals surface area contributed by atoms with Crippen LogP contribution in [0.2, 0.25) is 0 Å². The molecule has 2 aromatic rings. The summed E-state index contributed by atoms with van der Waals surface area (Å²) in [5.41, 5.74) is -0.389. The van der Waals surface area contributed by atoms with Crippen molar-refractivity contribution in [3.05, 3.63) is 47.5 Å². The van der Waals surface area contributed by atoms with Gasteiger partial charge in [-0.15, -0.1) is 0 Å². The molecule has 0 bridgehead atoms. The molecule has 0 fully saturated rings. The maximum absolute atomic E-state index is 12.9. The second-order valence-electron chi connectivity index (χ2n) is 4.49. The summed E-state index contributed by atoms with van der Waals surface area (Å²) in [6.07, 6.45) is -2.94. The van der Waals surface area contributed by atoms with E-state index in [2.05, 4.69) is 15.4 Å². The highest BCUT2D eigenvalue weighted by Crippen LogP contribution is 2.34. The number of hydrogen-bond donors (Lipinski definition) is 1. The number of nitrogens with one attached hydrogen (secondary N) is 1. The third-order valence-corrected chi connectivity index (χ3v) is 3.10. The van der Waals surface area contributed by atoms with Crippen LogP contribution in [0, 0.1) is 0 Å². The zero-order valence-electron chi connectivity index (χ0n) is 11.1. The normalized spacial score (nSPS) is 13.4. The van der Waals surface area contributed by atoms with Gasteiger partial charge in [0.2, 0.25) is 0 Å². The van der Waals surface area contributed by atoms with E-state index in [1.54, 1.807) is 24.7 Å². The van der Waals surface area contributed by atoms with Crippen molar-refractivity contribution >= 4 is 0 Å². The SMILES string of the molecule is CC(NCc1ncnn1C)c1ccccc1C(F)(F)F. The summed E-state index contributed by atoms with van der Waals surface area (Å²) in [5, 5.41) is 6.94. The van der Waals surface area contributed by atoms with E-state index in [0.29, 0.717) is 12.4 Å². The predicted molar refractivity (Wildman–Crippen MR) is 67.7 cm³/mol. The van der Waals surface area contributed by atoms with Crippen molar-refractivity contribution in [3.63, 3.8) is 0 Å². The molecule has 1 atom stereocenters. The van der Waals surface area contributed by atoms with Gasteiger partial charge in [-0.25, -0.2) is 4.98 Å². The summed E-state index contributed by atoms with van der Waals surface area (Å²) < 4.78 is 40.4. The first-order chi connectivity index (χ1) is 9.39. The summed E-state index contributed by atoms with van der Waals surface area (Å²) in [4.78, 5) is 4.02. The number of aryl methyl sites for hydroxylation is 1.